The third kappa shape index (κ3) is 2.80. The molecule has 0 bridgehead atoms. The van der Waals surface area contributed by atoms with Crippen molar-refractivity contribution < 1.29 is 30.3 Å². The van der Waals surface area contributed by atoms with Crippen LogP contribution in [-0.4, -0.2) is 74.2 Å². The van der Waals surface area contributed by atoms with Crippen LogP contribution in [0.2, 0.25) is 0 Å². The van der Waals surface area contributed by atoms with Gasteiger partial charge < -0.3 is 31.3 Å². The van der Waals surface area contributed by atoms with Crippen molar-refractivity contribution in [3.63, 3.8) is 0 Å². The number of hydrogen-bond donors (Lipinski definition) is 6. The molecular weight excluding hydrogens is 220 g/mol. The molecule has 4 atom stereocenters. The zero-order valence-corrected chi connectivity index (χ0v) is 9.11. The Morgan fingerprint density at radius 3 is 2.12 bits per heavy atom. The Bertz CT molecular complexity index is 249. The summed E-state index contributed by atoms with van der Waals surface area (Å²) in [5.41, 5.74) is 2.42. The summed E-state index contributed by atoms with van der Waals surface area (Å²) in [6.07, 6.45) is -5.05. The highest BCUT2D eigenvalue weighted by Gasteiger charge is 2.46. The van der Waals surface area contributed by atoms with Crippen molar-refractivity contribution in [1.82, 2.24) is 4.90 Å². The number of likely N-dealkylation sites (N-methyl/N-ethyl adjacent to an activating group) is 1. The third-order valence-electron chi connectivity index (χ3n) is 2.44. The second kappa shape index (κ2) is 5.41. The highest BCUT2D eigenvalue weighted by Crippen LogP contribution is 2.19. The molecule has 0 heterocycles. The van der Waals surface area contributed by atoms with Gasteiger partial charge in [0.05, 0.1) is 12.7 Å². The van der Waals surface area contributed by atoms with E-state index in [4.69, 9.17) is 15.9 Å². The Kier molecular flexibility index (Phi) is 5.10. The van der Waals surface area contributed by atoms with Crippen LogP contribution in [0.3, 0.4) is 0 Å². The van der Waals surface area contributed by atoms with Crippen LogP contribution in [0.15, 0.2) is 0 Å². The van der Waals surface area contributed by atoms with Gasteiger partial charge in [0.2, 0.25) is 0 Å². The van der Waals surface area contributed by atoms with Gasteiger partial charge in [-0.05, 0) is 6.92 Å². The van der Waals surface area contributed by atoms with Gasteiger partial charge in [0.1, 0.15) is 12.2 Å². The summed E-state index contributed by atoms with van der Waals surface area (Å²) in [6, 6.07) is -1.10. The molecule has 0 aromatic carbocycles. The minimum atomic E-state index is -2.46. The molecule has 7 N–H and O–H groups in total. The van der Waals surface area contributed by atoms with Crippen molar-refractivity contribution in [3.05, 3.63) is 0 Å². The minimum Gasteiger partial charge on any atom is -0.391 e. The fourth-order valence-corrected chi connectivity index (χ4v) is 1.13. The van der Waals surface area contributed by atoms with E-state index in [0.717, 1.165) is 7.05 Å². The van der Waals surface area contributed by atoms with Crippen molar-refractivity contribution >= 4 is 6.03 Å². The van der Waals surface area contributed by atoms with Gasteiger partial charge in [-0.3, -0.25) is 4.90 Å². The van der Waals surface area contributed by atoms with Gasteiger partial charge in [-0.15, -0.1) is 0 Å². The second-order valence-electron chi connectivity index (χ2n) is 3.61. The summed E-state index contributed by atoms with van der Waals surface area (Å²) >= 11 is 0. The first-order valence-electron chi connectivity index (χ1n) is 4.59. The maximum Gasteiger partial charge on any atom is 0.316 e. The molecule has 8 heteroatoms. The number of nitrogens with two attached hydrogens (primary N) is 1. The van der Waals surface area contributed by atoms with E-state index in [1.165, 1.54) is 6.92 Å². The number of aliphatic hydroxyl groups is 5. The lowest BCUT2D eigenvalue weighted by atomic mass is 9.97. The monoisotopic (exact) mass is 238 g/mol. The van der Waals surface area contributed by atoms with Gasteiger partial charge in [0.25, 0.3) is 0 Å². The van der Waals surface area contributed by atoms with Crippen LogP contribution in [0, 0.1) is 0 Å². The molecule has 0 spiro atoms. The number of nitrogens with zero attached hydrogens (tertiary/aromatic N) is 1. The summed E-state index contributed by atoms with van der Waals surface area (Å²) in [6.45, 7) is 0.132. The highest BCUT2D eigenvalue weighted by molar-refractivity contribution is 5.72. The zero-order chi connectivity index (χ0) is 13.1. The molecule has 0 aliphatic rings. The molecule has 0 aliphatic heterocycles. The summed E-state index contributed by atoms with van der Waals surface area (Å²) < 4.78 is 0. The Labute approximate surface area is 92.5 Å². The summed E-state index contributed by atoms with van der Waals surface area (Å²) in [4.78, 5) is 11.3. The van der Waals surface area contributed by atoms with E-state index in [-0.39, 0.29) is 0 Å². The summed E-state index contributed by atoms with van der Waals surface area (Å²) in [5.74, 6) is 0. The number of carbonyl (C=O) groups excluding carboxylic acids is 1. The Balaban J connectivity index is 5.01. The molecule has 0 saturated heterocycles. The van der Waals surface area contributed by atoms with Crippen molar-refractivity contribution in [3.8, 4) is 0 Å². The molecule has 96 valence electrons. The molecule has 0 fully saturated rings. The third-order valence-corrected chi connectivity index (χ3v) is 2.44. The van der Waals surface area contributed by atoms with E-state index < -0.39 is 36.7 Å². The molecule has 0 rings (SSSR count). The molecule has 0 aromatic rings. The van der Waals surface area contributed by atoms with Crippen LogP contribution in [0.1, 0.15) is 6.92 Å². The van der Waals surface area contributed by atoms with Gasteiger partial charge >= 0.3 is 6.03 Å². The highest BCUT2D eigenvalue weighted by atomic mass is 16.4. The van der Waals surface area contributed by atoms with E-state index in [1.807, 2.05) is 0 Å². The average molecular weight is 238 g/mol. The fourth-order valence-electron chi connectivity index (χ4n) is 1.13. The number of aliphatic hydroxyl groups excluding tert-OH is 4. The number of amides is 2. The van der Waals surface area contributed by atoms with E-state index in [0.29, 0.717) is 4.90 Å². The van der Waals surface area contributed by atoms with E-state index in [9.17, 15) is 20.1 Å². The molecule has 4 unspecified atom stereocenters. The van der Waals surface area contributed by atoms with Crippen LogP contribution < -0.4 is 5.73 Å². The van der Waals surface area contributed by atoms with Gasteiger partial charge in [-0.25, -0.2) is 4.79 Å². The molecule has 0 radical (unpaired) electrons. The number of carbonyl (C=O) groups is 1. The maximum absolute atomic E-state index is 10.8. The lowest BCUT2D eigenvalue weighted by molar-refractivity contribution is -0.213. The van der Waals surface area contributed by atoms with Gasteiger partial charge in [0.15, 0.2) is 5.72 Å². The molecule has 0 saturated carbocycles. The van der Waals surface area contributed by atoms with E-state index in [2.05, 4.69) is 0 Å². The first kappa shape index (κ1) is 15.1. The SMILES string of the molecule is CC(O)C(O)C(O)C(O)(CO)N(C)C(N)=O. The van der Waals surface area contributed by atoms with Crippen LogP contribution in [-0.2, 0) is 0 Å². The Morgan fingerprint density at radius 1 is 1.44 bits per heavy atom. The quantitative estimate of drug-likeness (QED) is 0.278. The molecule has 2 amide bonds. The van der Waals surface area contributed by atoms with Gasteiger partial charge in [-0.1, -0.05) is 0 Å². The predicted molar refractivity (Wildman–Crippen MR) is 53.1 cm³/mol. The van der Waals surface area contributed by atoms with Crippen LogP contribution in [0.5, 0.6) is 0 Å². The molecular formula is C8H18N2O6. The number of urea groups is 1. The Morgan fingerprint density at radius 2 is 1.88 bits per heavy atom. The van der Waals surface area contributed by atoms with Crippen LogP contribution >= 0.6 is 0 Å². The number of hydrogen-bond acceptors (Lipinski definition) is 6. The lowest BCUT2D eigenvalue weighted by Gasteiger charge is -2.40. The molecule has 0 aliphatic carbocycles. The van der Waals surface area contributed by atoms with Gasteiger partial charge in [0, 0.05) is 7.05 Å². The summed E-state index contributed by atoms with van der Waals surface area (Å²) in [7, 11) is 1.04. The number of primary amides is 1. The van der Waals surface area contributed by atoms with Crippen molar-refractivity contribution in [2.75, 3.05) is 13.7 Å². The fraction of sp³-hybridized carbons (Fsp3) is 0.875. The topological polar surface area (TPSA) is 147 Å². The maximum atomic E-state index is 10.8. The van der Waals surface area contributed by atoms with Crippen molar-refractivity contribution in [2.24, 2.45) is 5.73 Å². The van der Waals surface area contributed by atoms with Crippen LogP contribution in [0.25, 0.3) is 0 Å². The smallest absolute Gasteiger partial charge is 0.316 e. The molecule has 8 nitrogen and oxygen atoms in total. The van der Waals surface area contributed by atoms with Gasteiger partial charge in [-0.2, -0.15) is 0 Å². The van der Waals surface area contributed by atoms with Crippen LogP contribution in [0.4, 0.5) is 4.79 Å². The zero-order valence-electron chi connectivity index (χ0n) is 9.11. The molecule has 16 heavy (non-hydrogen) atoms. The largest absolute Gasteiger partial charge is 0.391 e. The second-order valence-corrected chi connectivity index (χ2v) is 3.61. The summed E-state index contributed by atoms with van der Waals surface area (Å²) in [5, 5.41) is 46.7. The lowest BCUT2D eigenvalue weighted by Crippen LogP contribution is -2.65. The van der Waals surface area contributed by atoms with Crippen molar-refractivity contribution in [1.29, 1.82) is 0 Å². The van der Waals surface area contributed by atoms with E-state index in [1.54, 1.807) is 0 Å². The first-order valence-corrected chi connectivity index (χ1v) is 4.59. The molecule has 0 aromatic heterocycles. The van der Waals surface area contributed by atoms with E-state index >= 15 is 0 Å². The standard InChI is InChI=1S/C8H18N2O6/c1-4(12)5(13)6(14)8(16,3-11)10(2)7(9)15/h4-6,11-14,16H,3H2,1-2H3,(H2,9,15). The first-order chi connectivity index (χ1) is 7.18. The Hall–Kier alpha value is -0.930. The predicted octanol–water partition coefficient (Wildman–Crippen LogP) is -3.22. The number of rotatable bonds is 5. The average Bonchev–Trinajstić information content (AvgIpc) is 2.24. The minimum absolute atomic E-state index is 0.475. The van der Waals surface area contributed by atoms with Crippen molar-refractivity contribution in [2.45, 2.75) is 31.0 Å². The normalized spacial score (nSPS) is 20.7.